The van der Waals surface area contributed by atoms with Gasteiger partial charge in [-0.05, 0) is 25.3 Å². The number of nitrogens with one attached hydrogen (secondary N) is 1. The summed E-state index contributed by atoms with van der Waals surface area (Å²) in [5.41, 5.74) is 5.32. The zero-order valence-corrected chi connectivity index (χ0v) is 9.07. The summed E-state index contributed by atoms with van der Waals surface area (Å²) >= 11 is 0. The summed E-state index contributed by atoms with van der Waals surface area (Å²) in [5, 5.41) is 0. The number of aryl methyl sites for hydroxylation is 1. The summed E-state index contributed by atoms with van der Waals surface area (Å²) in [6.07, 6.45) is 2.44. The minimum atomic E-state index is 0.119. The van der Waals surface area contributed by atoms with Crippen molar-refractivity contribution in [2.75, 3.05) is 6.61 Å². The first-order valence-electron chi connectivity index (χ1n) is 5.45. The van der Waals surface area contributed by atoms with Gasteiger partial charge < -0.3 is 4.74 Å². The van der Waals surface area contributed by atoms with Crippen LogP contribution >= 0.6 is 0 Å². The van der Waals surface area contributed by atoms with Crippen LogP contribution in [0.4, 0.5) is 0 Å². The highest BCUT2D eigenvalue weighted by Gasteiger charge is 2.26. The SMILES string of the molecule is Cc1ccc(C(NN)C2CCCO2)cc1. The summed E-state index contributed by atoms with van der Waals surface area (Å²) in [6.45, 7) is 2.94. The second-order valence-electron chi connectivity index (χ2n) is 4.11. The van der Waals surface area contributed by atoms with Gasteiger partial charge in [-0.25, -0.2) is 0 Å². The molecule has 3 N–H and O–H groups in total. The number of hydrazine groups is 1. The Labute approximate surface area is 90.6 Å². The maximum Gasteiger partial charge on any atom is 0.0783 e. The molecule has 3 nitrogen and oxygen atoms in total. The fraction of sp³-hybridized carbons (Fsp3) is 0.500. The van der Waals surface area contributed by atoms with Gasteiger partial charge in [0.05, 0.1) is 12.1 Å². The number of hydrogen-bond donors (Lipinski definition) is 2. The first kappa shape index (κ1) is 10.6. The second kappa shape index (κ2) is 4.75. The molecule has 2 atom stereocenters. The van der Waals surface area contributed by atoms with Gasteiger partial charge in [0.25, 0.3) is 0 Å². The van der Waals surface area contributed by atoms with Crippen molar-refractivity contribution in [3.63, 3.8) is 0 Å². The van der Waals surface area contributed by atoms with E-state index in [1.165, 1.54) is 11.1 Å². The standard InChI is InChI=1S/C12H18N2O/c1-9-4-6-10(7-5-9)12(14-13)11-3-2-8-15-11/h4-7,11-12,14H,2-3,8,13H2,1H3. The highest BCUT2D eigenvalue weighted by molar-refractivity contribution is 5.25. The minimum absolute atomic E-state index is 0.119. The number of nitrogens with two attached hydrogens (primary N) is 1. The Kier molecular flexibility index (Phi) is 3.36. The molecule has 0 radical (unpaired) electrons. The highest BCUT2D eigenvalue weighted by atomic mass is 16.5. The molecule has 1 aromatic carbocycles. The molecule has 0 aliphatic carbocycles. The molecular weight excluding hydrogens is 188 g/mol. The third-order valence-electron chi connectivity index (χ3n) is 2.95. The lowest BCUT2D eigenvalue weighted by Gasteiger charge is -2.22. The van der Waals surface area contributed by atoms with Crippen molar-refractivity contribution < 1.29 is 4.74 Å². The van der Waals surface area contributed by atoms with Crippen molar-refractivity contribution in [1.82, 2.24) is 5.43 Å². The predicted octanol–water partition coefficient (Wildman–Crippen LogP) is 1.68. The number of ether oxygens (including phenoxy) is 1. The van der Waals surface area contributed by atoms with E-state index in [0.29, 0.717) is 0 Å². The van der Waals surface area contributed by atoms with E-state index in [2.05, 4.69) is 36.6 Å². The van der Waals surface area contributed by atoms with Crippen LogP contribution in [0.5, 0.6) is 0 Å². The topological polar surface area (TPSA) is 47.3 Å². The van der Waals surface area contributed by atoms with Gasteiger partial charge in [-0.1, -0.05) is 29.8 Å². The molecule has 0 saturated carbocycles. The lowest BCUT2D eigenvalue weighted by molar-refractivity contribution is 0.0783. The van der Waals surface area contributed by atoms with Gasteiger partial charge in [-0.15, -0.1) is 0 Å². The monoisotopic (exact) mass is 206 g/mol. The van der Waals surface area contributed by atoms with Crippen LogP contribution in [0.1, 0.15) is 30.0 Å². The van der Waals surface area contributed by atoms with Crippen LogP contribution in [-0.4, -0.2) is 12.7 Å². The van der Waals surface area contributed by atoms with Crippen LogP contribution in [0.25, 0.3) is 0 Å². The second-order valence-corrected chi connectivity index (χ2v) is 4.11. The molecule has 0 amide bonds. The predicted molar refractivity (Wildman–Crippen MR) is 60.2 cm³/mol. The third kappa shape index (κ3) is 2.37. The first-order valence-corrected chi connectivity index (χ1v) is 5.45. The average molecular weight is 206 g/mol. The Balaban J connectivity index is 2.14. The van der Waals surface area contributed by atoms with Crippen molar-refractivity contribution in [3.8, 4) is 0 Å². The van der Waals surface area contributed by atoms with E-state index in [4.69, 9.17) is 10.6 Å². The smallest absolute Gasteiger partial charge is 0.0783 e. The molecule has 0 spiro atoms. The Morgan fingerprint density at radius 2 is 2.13 bits per heavy atom. The molecule has 1 fully saturated rings. The fourth-order valence-electron chi connectivity index (χ4n) is 2.06. The maximum absolute atomic E-state index is 5.65. The van der Waals surface area contributed by atoms with Crippen molar-refractivity contribution in [3.05, 3.63) is 35.4 Å². The molecule has 1 heterocycles. The van der Waals surface area contributed by atoms with E-state index in [0.717, 1.165) is 19.4 Å². The summed E-state index contributed by atoms with van der Waals surface area (Å²) in [6, 6.07) is 8.56. The molecule has 1 aromatic rings. The molecule has 3 heteroatoms. The number of rotatable bonds is 3. The Morgan fingerprint density at radius 3 is 2.67 bits per heavy atom. The Hall–Kier alpha value is -0.900. The highest BCUT2D eigenvalue weighted by Crippen LogP contribution is 2.26. The zero-order chi connectivity index (χ0) is 10.7. The molecular formula is C12H18N2O. The van der Waals surface area contributed by atoms with E-state index in [9.17, 15) is 0 Å². The van der Waals surface area contributed by atoms with Gasteiger partial charge in [0.2, 0.25) is 0 Å². The lowest BCUT2D eigenvalue weighted by Crippen LogP contribution is -2.36. The molecule has 1 aliphatic heterocycles. The van der Waals surface area contributed by atoms with Crippen molar-refractivity contribution in [2.24, 2.45) is 5.84 Å². The van der Waals surface area contributed by atoms with Crippen LogP contribution in [0, 0.1) is 6.92 Å². The molecule has 2 unspecified atom stereocenters. The zero-order valence-electron chi connectivity index (χ0n) is 9.07. The minimum Gasteiger partial charge on any atom is -0.376 e. The fourth-order valence-corrected chi connectivity index (χ4v) is 2.06. The van der Waals surface area contributed by atoms with Gasteiger partial charge in [-0.2, -0.15) is 0 Å². The molecule has 0 bridgehead atoms. The lowest BCUT2D eigenvalue weighted by atomic mass is 9.99. The summed E-state index contributed by atoms with van der Waals surface area (Å²) < 4.78 is 5.65. The third-order valence-corrected chi connectivity index (χ3v) is 2.95. The van der Waals surface area contributed by atoms with E-state index in [1.54, 1.807) is 0 Å². The summed E-state index contributed by atoms with van der Waals surface area (Å²) in [7, 11) is 0. The summed E-state index contributed by atoms with van der Waals surface area (Å²) in [4.78, 5) is 0. The quantitative estimate of drug-likeness (QED) is 0.584. The van der Waals surface area contributed by atoms with Crippen molar-refractivity contribution >= 4 is 0 Å². The average Bonchev–Trinajstić information content (AvgIpc) is 2.75. The van der Waals surface area contributed by atoms with E-state index >= 15 is 0 Å². The van der Waals surface area contributed by atoms with Gasteiger partial charge >= 0.3 is 0 Å². The van der Waals surface area contributed by atoms with Crippen LogP contribution in [-0.2, 0) is 4.74 Å². The number of benzene rings is 1. The van der Waals surface area contributed by atoms with Crippen LogP contribution in [0.2, 0.25) is 0 Å². The normalized spacial score (nSPS) is 22.9. The Bertz CT molecular complexity index is 304. The van der Waals surface area contributed by atoms with E-state index in [1.807, 2.05) is 0 Å². The molecule has 0 aromatic heterocycles. The van der Waals surface area contributed by atoms with Gasteiger partial charge in [0, 0.05) is 6.61 Å². The maximum atomic E-state index is 5.65. The molecule has 1 saturated heterocycles. The van der Waals surface area contributed by atoms with Crippen molar-refractivity contribution in [2.45, 2.75) is 31.9 Å². The van der Waals surface area contributed by atoms with Gasteiger partial charge in [0.15, 0.2) is 0 Å². The largest absolute Gasteiger partial charge is 0.376 e. The molecule has 15 heavy (non-hydrogen) atoms. The van der Waals surface area contributed by atoms with E-state index < -0.39 is 0 Å². The van der Waals surface area contributed by atoms with Gasteiger partial charge in [0.1, 0.15) is 0 Å². The molecule has 1 aliphatic rings. The van der Waals surface area contributed by atoms with Crippen LogP contribution in [0.15, 0.2) is 24.3 Å². The summed E-state index contributed by atoms with van der Waals surface area (Å²) in [5.74, 6) is 5.59. The molecule has 2 rings (SSSR count). The van der Waals surface area contributed by atoms with Gasteiger partial charge in [-0.3, -0.25) is 11.3 Å². The molecule has 82 valence electrons. The first-order chi connectivity index (χ1) is 7.31. The van der Waals surface area contributed by atoms with E-state index in [-0.39, 0.29) is 12.1 Å². The van der Waals surface area contributed by atoms with Crippen LogP contribution in [0.3, 0.4) is 0 Å². The van der Waals surface area contributed by atoms with Crippen molar-refractivity contribution in [1.29, 1.82) is 0 Å². The Morgan fingerprint density at radius 1 is 1.40 bits per heavy atom. The van der Waals surface area contributed by atoms with Crippen LogP contribution < -0.4 is 11.3 Å². The number of hydrogen-bond acceptors (Lipinski definition) is 3.